The minimum atomic E-state index is -0.0612. The van der Waals surface area contributed by atoms with Crippen molar-refractivity contribution in [2.45, 2.75) is 58.2 Å². The lowest BCUT2D eigenvalue weighted by molar-refractivity contribution is 0.0926. The number of nitrogens with zero attached hydrogens (tertiary/aromatic N) is 4. The van der Waals surface area contributed by atoms with Crippen LogP contribution in [0.15, 0.2) is 48.5 Å². The normalized spacial score (nSPS) is 17.6. The van der Waals surface area contributed by atoms with E-state index in [0.717, 1.165) is 53.9 Å². The molecule has 1 aliphatic rings. The second-order valence-electron chi connectivity index (χ2n) is 9.63. The van der Waals surface area contributed by atoms with Gasteiger partial charge in [0.15, 0.2) is 11.5 Å². The van der Waals surface area contributed by atoms with Crippen molar-refractivity contribution >= 4 is 34.4 Å². The highest BCUT2D eigenvalue weighted by Crippen LogP contribution is 2.30. The number of amides is 1. The Kier molecular flexibility index (Phi) is 7.39. The van der Waals surface area contributed by atoms with Crippen molar-refractivity contribution < 1.29 is 9.53 Å². The summed E-state index contributed by atoms with van der Waals surface area (Å²) in [5.41, 5.74) is 4.39. The van der Waals surface area contributed by atoms with E-state index >= 15 is 0 Å². The Morgan fingerprint density at radius 3 is 2.35 bits per heavy atom. The average molecular weight is 519 g/mol. The Balaban J connectivity index is 1.33. The maximum absolute atomic E-state index is 12.6. The van der Waals surface area contributed by atoms with E-state index in [9.17, 15) is 4.79 Å². The minimum Gasteiger partial charge on any atom is -0.377 e. The molecule has 1 amide bonds. The van der Waals surface area contributed by atoms with Crippen molar-refractivity contribution in [2.75, 3.05) is 12.4 Å². The molecule has 8 nitrogen and oxygen atoms in total. The maximum Gasteiger partial charge on any atom is 0.251 e. The number of hydrogen-bond donors (Lipinski definition) is 2. The Morgan fingerprint density at radius 1 is 1.00 bits per heavy atom. The van der Waals surface area contributed by atoms with Gasteiger partial charge in [0, 0.05) is 29.8 Å². The van der Waals surface area contributed by atoms with Crippen molar-refractivity contribution in [3.8, 4) is 5.69 Å². The number of aryl methyl sites for hydroxylation is 2. The summed E-state index contributed by atoms with van der Waals surface area (Å²) in [7, 11) is 1.64. The molecule has 5 rings (SSSR count). The van der Waals surface area contributed by atoms with Gasteiger partial charge in [0.2, 0.25) is 0 Å². The van der Waals surface area contributed by atoms with Gasteiger partial charge in [-0.2, -0.15) is 5.10 Å². The zero-order valence-corrected chi connectivity index (χ0v) is 22.0. The van der Waals surface area contributed by atoms with Gasteiger partial charge >= 0.3 is 0 Å². The molecule has 0 spiro atoms. The maximum atomic E-state index is 12.6. The smallest absolute Gasteiger partial charge is 0.251 e. The van der Waals surface area contributed by atoms with Crippen molar-refractivity contribution in [3.05, 3.63) is 76.2 Å². The zero-order chi connectivity index (χ0) is 25.9. The molecule has 37 heavy (non-hydrogen) atoms. The minimum absolute atomic E-state index is 0.0612. The van der Waals surface area contributed by atoms with E-state index in [2.05, 4.69) is 29.7 Å². The molecule has 2 aromatic heterocycles. The lowest BCUT2D eigenvalue weighted by atomic mass is 9.91. The van der Waals surface area contributed by atoms with Gasteiger partial charge in [0.05, 0.1) is 16.8 Å². The van der Waals surface area contributed by atoms with Crippen molar-refractivity contribution in [1.82, 2.24) is 25.1 Å². The number of rotatable bonds is 7. The number of benzene rings is 2. The summed E-state index contributed by atoms with van der Waals surface area (Å²) in [6, 6.07) is 15.6. The number of carbonyl (C=O) groups excluding carboxylic acids is 1. The van der Waals surface area contributed by atoms with Crippen LogP contribution in [0.5, 0.6) is 0 Å². The summed E-state index contributed by atoms with van der Waals surface area (Å²) in [5, 5.41) is 13.2. The van der Waals surface area contributed by atoms with Gasteiger partial charge in [-0.05, 0) is 75.9 Å². The lowest BCUT2D eigenvalue weighted by Gasteiger charge is -2.30. The molecule has 192 valence electrons. The summed E-state index contributed by atoms with van der Waals surface area (Å²) < 4.78 is 7.23. The Morgan fingerprint density at radius 2 is 1.68 bits per heavy atom. The fourth-order valence-electron chi connectivity index (χ4n) is 4.84. The summed E-state index contributed by atoms with van der Waals surface area (Å²) >= 11 is 5.94. The van der Waals surface area contributed by atoms with Crippen LogP contribution in [-0.2, 0) is 11.3 Å². The van der Waals surface area contributed by atoms with Crippen molar-refractivity contribution in [2.24, 2.45) is 0 Å². The first-order valence-corrected chi connectivity index (χ1v) is 12.9. The fourth-order valence-corrected chi connectivity index (χ4v) is 4.96. The first-order chi connectivity index (χ1) is 17.9. The second kappa shape index (κ2) is 10.9. The molecular formula is C28H31ClN6O2. The number of aromatic nitrogens is 4. The molecule has 0 saturated heterocycles. The molecule has 0 atom stereocenters. The van der Waals surface area contributed by atoms with Gasteiger partial charge in [0.1, 0.15) is 12.4 Å². The monoisotopic (exact) mass is 518 g/mol. The number of nitrogens with one attached hydrogen (secondary N) is 2. The van der Waals surface area contributed by atoms with Gasteiger partial charge in [-0.1, -0.05) is 29.3 Å². The third-order valence-electron chi connectivity index (χ3n) is 6.81. The number of carbonyl (C=O) groups is 1. The summed E-state index contributed by atoms with van der Waals surface area (Å²) in [4.78, 5) is 22.2. The summed E-state index contributed by atoms with van der Waals surface area (Å²) in [6.45, 7) is 4.36. The fraction of sp³-hybridized carbons (Fsp3) is 0.357. The molecule has 2 N–H and O–H groups in total. The SMILES string of the molecule is COCc1nc(NC2CCC(NC(=O)c3ccc(Cl)cc3)CC2)c2c(C)nn(-c3ccc(C)cc3)c2n1. The number of halogens is 1. The molecule has 1 saturated carbocycles. The van der Waals surface area contributed by atoms with Crippen LogP contribution in [-0.4, -0.2) is 44.8 Å². The molecule has 2 heterocycles. The van der Waals surface area contributed by atoms with Crippen LogP contribution in [0.4, 0.5) is 5.82 Å². The first-order valence-electron chi connectivity index (χ1n) is 12.6. The number of methoxy groups -OCH3 is 1. The van der Waals surface area contributed by atoms with E-state index in [4.69, 9.17) is 31.4 Å². The lowest BCUT2D eigenvalue weighted by Crippen LogP contribution is -2.40. The molecule has 2 aromatic carbocycles. The highest BCUT2D eigenvalue weighted by Gasteiger charge is 2.25. The largest absolute Gasteiger partial charge is 0.377 e. The number of hydrogen-bond acceptors (Lipinski definition) is 6. The van der Waals surface area contributed by atoms with Gasteiger partial charge in [-0.25, -0.2) is 14.6 Å². The highest BCUT2D eigenvalue weighted by atomic mass is 35.5. The van der Waals surface area contributed by atoms with E-state index in [0.29, 0.717) is 23.0 Å². The highest BCUT2D eigenvalue weighted by molar-refractivity contribution is 6.30. The van der Waals surface area contributed by atoms with E-state index in [1.807, 2.05) is 23.7 Å². The molecule has 0 unspecified atom stereocenters. The van der Waals surface area contributed by atoms with Crippen LogP contribution in [0.1, 0.15) is 53.1 Å². The third-order valence-corrected chi connectivity index (χ3v) is 7.06. The predicted octanol–water partition coefficient (Wildman–Crippen LogP) is 5.39. The molecule has 1 fully saturated rings. The van der Waals surface area contributed by atoms with Crippen molar-refractivity contribution in [3.63, 3.8) is 0 Å². The van der Waals surface area contributed by atoms with Crippen molar-refractivity contribution in [1.29, 1.82) is 0 Å². The van der Waals surface area contributed by atoms with Crippen LogP contribution < -0.4 is 10.6 Å². The van der Waals surface area contributed by atoms with Crippen LogP contribution in [0.2, 0.25) is 5.02 Å². The molecule has 0 aliphatic heterocycles. The van der Waals surface area contributed by atoms with Gasteiger partial charge in [-0.15, -0.1) is 0 Å². The summed E-state index contributed by atoms with van der Waals surface area (Å²) in [5.74, 6) is 1.32. The van der Waals surface area contributed by atoms with E-state index in [-0.39, 0.29) is 18.0 Å². The van der Waals surface area contributed by atoms with Crippen LogP contribution in [0.25, 0.3) is 16.7 Å². The van der Waals surface area contributed by atoms with Gasteiger partial charge < -0.3 is 15.4 Å². The van der Waals surface area contributed by atoms with E-state index in [1.165, 1.54) is 5.56 Å². The topological polar surface area (TPSA) is 94.0 Å². The van der Waals surface area contributed by atoms with Gasteiger partial charge in [0.25, 0.3) is 5.91 Å². The molecule has 1 aliphatic carbocycles. The zero-order valence-electron chi connectivity index (χ0n) is 21.3. The van der Waals surface area contributed by atoms with E-state index < -0.39 is 0 Å². The Labute approximate surface area is 221 Å². The van der Waals surface area contributed by atoms with E-state index in [1.54, 1.807) is 31.4 Å². The van der Waals surface area contributed by atoms with Crippen LogP contribution in [0.3, 0.4) is 0 Å². The standard InChI is InChI=1S/C28H31ClN6O2/c1-17-4-14-23(15-5-17)35-27-25(18(2)34-35)26(32-24(33-27)16-37-3)30-21-10-12-22(13-11-21)31-28(36)19-6-8-20(29)9-7-19/h4-9,14-15,21-22H,10-13,16H2,1-3H3,(H,31,36)(H,30,32,33). The van der Waals surface area contributed by atoms with Crippen LogP contribution >= 0.6 is 11.6 Å². The number of anilines is 1. The third kappa shape index (κ3) is 5.60. The predicted molar refractivity (Wildman–Crippen MR) is 145 cm³/mol. The first kappa shape index (κ1) is 25.2. The molecule has 9 heteroatoms. The number of fused-ring (bicyclic) bond motifs is 1. The van der Waals surface area contributed by atoms with Crippen LogP contribution in [0, 0.1) is 13.8 Å². The number of ether oxygens (including phenoxy) is 1. The molecule has 0 bridgehead atoms. The van der Waals surface area contributed by atoms with Gasteiger partial charge in [-0.3, -0.25) is 4.79 Å². The average Bonchev–Trinajstić information content (AvgIpc) is 3.22. The Hall–Kier alpha value is -3.49. The quantitative estimate of drug-likeness (QED) is 0.341. The summed E-state index contributed by atoms with van der Waals surface area (Å²) in [6.07, 6.45) is 3.61. The Bertz CT molecular complexity index is 1390. The second-order valence-corrected chi connectivity index (χ2v) is 10.1. The molecule has 4 aromatic rings. The molecular weight excluding hydrogens is 488 g/mol. The molecule has 0 radical (unpaired) electrons.